The molecular weight excluding hydrogens is 409 g/mol. The Bertz CT molecular complexity index is 1220. The average molecular weight is 431 g/mol. The summed E-state index contributed by atoms with van der Waals surface area (Å²) in [4.78, 5) is 27.5. The van der Waals surface area contributed by atoms with Crippen LogP contribution in [0.3, 0.4) is 0 Å². The van der Waals surface area contributed by atoms with E-state index in [1.54, 1.807) is 30.3 Å². The van der Waals surface area contributed by atoms with Gasteiger partial charge in [-0.1, -0.05) is 42.0 Å². The number of nitrogens with zero attached hydrogens (tertiary/aromatic N) is 1. The lowest BCUT2D eigenvalue weighted by Crippen LogP contribution is -2.29. The Kier molecular flexibility index (Phi) is 5.77. The quantitative estimate of drug-likeness (QED) is 0.344. The van der Waals surface area contributed by atoms with Crippen molar-refractivity contribution in [1.82, 2.24) is 0 Å². The van der Waals surface area contributed by atoms with E-state index in [4.69, 9.17) is 4.74 Å². The van der Waals surface area contributed by atoms with Crippen LogP contribution in [0.5, 0.6) is 5.75 Å². The normalized spacial score (nSPS) is 17.6. The van der Waals surface area contributed by atoms with E-state index < -0.39 is 23.5 Å². The van der Waals surface area contributed by atoms with Crippen LogP contribution in [0, 0.1) is 12.7 Å². The third kappa shape index (κ3) is 3.87. The van der Waals surface area contributed by atoms with Gasteiger partial charge in [-0.2, -0.15) is 0 Å². The third-order valence-electron chi connectivity index (χ3n) is 5.33. The highest BCUT2D eigenvalue weighted by molar-refractivity contribution is 6.51. The summed E-state index contributed by atoms with van der Waals surface area (Å²) in [5, 5.41) is 11.2. The number of hydrogen-bond acceptors (Lipinski definition) is 4. The highest BCUT2D eigenvalue weighted by Crippen LogP contribution is 2.42. The molecule has 1 heterocycles. The van der Waals surface area contributed by atoms with Crippen molar-refractivity contribution >= 4 is 23.1 Å². The predicted molar refractivity (Wildman–Crippen MR) is 120 cm³/mol. The second-order valence-corrected chi connectivity index (χ2v) is 7.52. The molecule has 0 saturated carbocycles. The fourth-order valence-corrected chi connectivity index (χ4v) is 3.91. The summed E-state index contributed by atoms with van der Waals surface area (Å²) in [6.45, 7) is 4.19. The minimum Gasteiger partial charge on any atom is -0.507 e. The zero-order valence-electron chi connectivity index (χ0n) is 17.7. The van der Waals surface area contributed by atoms with Crippen LogP contribution in [0.25, 0.3) is 5.76 Å². The molecule has 3 aromatic rings. The van der Waals surface area contributed by atoms with Crippen molar-refractivity contribution in [2.45, 2.75) is 19.9 Å². The van der Waals surface area contributed by atoms with Gasteiger partial charge in [-0.25, -0.2) is 4.39 Å². The molecule has 0 bridgehead atoms. The minimum atomic E-state index is -0.865. The van der Waals surface area contributed by atoms with Gasteiger partial charge in [0.25, 0.3) is 11.7 Å². The van der Waals surface area contributed by atoms with Crippen molar-refractivity contribution in [2.24, 2.45) is 0 Å². The molecule has 0 radical (unpaired) electrons. The number of rotatable bonds is 5. The Morgan fingerprint density at radius 1 is 1.03 bits per heavy atom. The van der Waals surface area contributed by atoms with Gasteiger partial charge in [-0.3, -0.25) is 14.5 Å². The summed E-state index contributed by atoms with van der Waals surface area (Å²) in [6, 6.07) is 18.6. The molecule has 1 fully saturated rings. The molecule has 1 N–H and O–H groups in total. The van der Waals surface area contributed by atoms with E-state index >= 15 is 0 Å². The lowest BCUT2D eigenvalue weighted by Gasteiger charge is -2.25. The van der Waals surface area contributed by atoms with Crippen LogP contribution in [-0.2, 0) is 9.59 Å². The first-order chi connectivity index (χ1) is 15.4. The number of anilines is 1. The Balaban J connectivity index is 1.92. The predicted octanol–water partition coefficient (Wildman–Crippen LogP) is 5.16. The number of ketones is 1. The van der Waals surface area contributed by atoms with E-state index in [1.807, 2.05) is 32.0 Å². The van der Waals surface area contributed by atoms with Crippen molar-refractivity contribution < 1.29 is 23.8 Å². The molecule has 1 unspecified atom stereocenters. The maximum atomic E-state index is 13.5. The molecule has 0 aliphatic carbocycles. The van der Waals surface area contributed by atoms with Gasteiger partial charge < -0.3 is 9.84 Å². The van der Waals surface area contributed by atoms with Gasteiger partial charge in [0.05, 0.1) is 18.2 Å². The van der Waals surface area contributed by atoms with Crippen LogP contribution in [0.1, 0.15) is 29.7 Å². The SMILES string of the molecule is CCOc1cccc(/C(O)=C2/C(=O)C(=O)N(c3ccc(F)cc3)C2c2cccc(C)c2)c1. The monoisotopic (exact) mass is 431 g/mol. The third-order valence-corrected chi connectivity index (χ3v) is 5.33. The van der Waals surface area contributed by atoms with E-state index in [0.29, 0.717) is 29.2 Å². The molecule has 0 spiro atoms. The molecule has 1 aliphatic heterocycles. The maximum Gasteiger partial charge on any atom is 0.300 e. The Morgan fingerprint density at radius 3 is 2.44 bits per heavy atom. The van der Waals surface area contributed by atoms with Gasteiger partial charge in [0, 0.05) is 11.3 Å². The van der Waals surface area contributed by atoms with Crippen LogP contribution in [0.4, 0.5) is 10.1 Å². The lowest BCUT2D eigenvalue weighted by atomic mass is 9.94. The van der Waals surface area contributed by atoms with Crippen molar-refractivity contribution in [2.75, 3.05) is 11.5 Å². The number of amides is 1. The van der Waals surface area contributed by atoms with Gasteiger partial charge >= 0.3 is 0 Å². The molecule has 1 atom stereocenters. The highest BCUT2D eigenvalue weighted by Gasteiger charge is 2.47. The smallest absolute Gasteiger partial charge is 0.300 e. The van der Waals surface area contributed by atoms with Crippen LogP contribution in [-0.4, -0.2) is 23.4 Å². The fraction of sp³-hybridized carbons (Fsp3) is 0.154. The number of carbonyl (C=O) groups excluding carboxylic acids is 2. The molecule has 1 aliphatic rings. The Hall–Kier alpha value is -3.93. The second-order valence-electron chi connectivity index (χ2n) is 7.52. The average Bonchev–Trinajstić information content (AvgIpc) is 3.05. The van der Waals surface area contributed by atoms with E-state index in [-0.39, 0.29) is 11.3 Å². The van der Waals surface area contributed by atoms with Crippen LogP contribution in [0.2, 0.25) is 0 Å². The summed E-state index contributed by atoms with van der Waals surface area (Å²) in [7, 11) is 0. The number of ether oxygens (including phenoxy) is 1. The van der Waals surface area contributed by atoms with Crippen molar-refractivity contribution in [3.05, 3.63) is 101 Å². The largest absolute Gasteiger partial charge is 0.507 e. The molecule has 5 nitrogen and oxygen atoms in total. The molecule has 162 valence electrons. The summed E-state index contributed by atoms with van der Waals surface area (Å²) in [5.74, 6) is -1.80. The van der Waals surface area contributed by atoms with Crippen molar-refractivity contribution in [3.63, 3.8) is 0 Å². The number of halogens is 1. The van der Waals surface area contributed by atoms with Gasteiger partial charge in [0.15, 0.2) is 0 Å². The van der Waals surface area contributed by atoms with E-state index in [9.17, 15) is 19.1 Å². The molecule has 1 saturated heterocycles. The number of aliphatic hydroxyl groups excluding tert-OH is 1. The Morgan fingerprint density at radius 2 is 1.75 bits per heavy atom. The van der Waals surface area contributed by atoms with Crippen LogP contribution >= 0.6 is 0 Å². The number of benzene rings is 3. The molecule has 0 aromatic heterocycles. The van der Waals surface area contributed by atoms with Gasteiger partial charge in [-0.05, 0) is 55.8 Å². The molecular formula is C26H22FNO4. The zero-order chi connectivity index (χ0) is 22.8. The fourth-order valence-electron chi connectivity index (χ4n) is 3.91. The Labute approximate surface area is 185 Å². The minimum absolute atomic E-state index is 0.0291. The first-order valence-corrected chi connectivity index (χ1v) is 10.3. The maximum absolute atomic E-state index is 13.5. The molecule has 3 aromatic carbocycles. The van der Waals surface area contributed by atoms with Crippen LogP contribution in [0.15, 0.2) is 78.4 Å². The lowest BCUT2D eigenvalue weighted by molar-refractivity contribution is -0.132. The van der Waals surface area contributed by atoms with E-state index in [0.717, 1.165) is 5.56 Å². The number of hydrogen-bond donors (Lipinski definition) is 1. The molecule has 32 heavy (non-hydrogen) atoms. The standard InChI is InChI=1S/C26H22FNO4/c1-3-32-21-9-5-8-18(15-21)24(29)22-23(17-7-4-6-16(2)14-17)28(26(31)25(22)30)20-12-10-19(27)11-13-20/h4-15,23,29H,3H2,1-2H3/b24-22-. The molecule has 4 rings (SSSR count). The van der Waals surface area contributed by atoms with Gasteiger partial charge in [0.1, 0.15) is 17.3 Å². The van der Waals surface area contributed by atoms with Crippen molar-refractivity contribution in [1.29, 1.82) is 0 Å². The molecule has 1 amide bonds. The number of aryl methyl sites for hydroxylation is 1. The van der Waals surface area contributed by atoms with Gasteiger partial charge in [0.2, 0.25) is 0 Å². The van der Waals surface area contributed by atoms with E-state index in [2.05, 4.69) is 0 Å². The first kappa shape index (κ1) is 21.3. The van der Waals surface area contributed by atoms with E-state index in [1.165, 1.54) is 29.2 Å². The van der Waals surface area contributed by atoms with Crippen molar-refractivity contribution in [3.8, 4) is 5.75 Å². The van der Waals surface area contributed by atoms with Crippen LogP contribution < -0.4 is 9.64 Å². The summed E-state index contributed by atoms with van der Waals surface area (Å²) in [5.41, 5.74) is 2.30. The second kappa shape index (κ2) is 8.67. The highest BCUT2D eigenvalue weighted by atomic mass is 19.1. The number of Topliss-reactive ketones (excluding diaryl/α,β-unsaturated/α-hetero) is 1. The zero-order valence-corrected chi connectivity index (χ0v) is 17.7. The molecule has 6 heteroatoms. The number of carbonyl (C=O) groups is 2. The topological polar surface area (TPSA) is 66.8 Å². The summed E-state index contributed by atoms with van der Waals surface area (Å²) >= 11 is 0. The number of aliphatic hydroxyl groups is 1. The summed E-state index contributed by atoms with van der Waals surface area (Å²) in [6.07, 6.45) is 0. The van der Waals surface area contributed by atoms with Gasteiger partial charge in [-0.15, -0.1) is 0 Å². The summed E-state index contributed by atoms with van der Waals surface area (Å²) < 4.78 is 19.0. The first-order valence-electron chi connectivity index (χ1n) is 10.3.